The fourth-order valence-electron chi connectivity index (χ4n) is 2.72. The van der Waals surface area contributed by atoms with E-state index >= 15 is 0 Å². The summed E-state index contributed by atoms with van der Waals surface area (Å²) in [5, 5.41) is 0. The molecule has 0 saturated carbocycles. The number of ether oxygens (including phenoxy) is 1. The minimum atomic E-state index is -0.0421. The van der Waals surface area contributed by atoms with Gasteiger partial charge in [0.05, 0.1) is 13.0 Å². The van der Waals surface area contributed by atoms with Gasteiger partial charge in [-0.25, -0.2) is 0 Å². The van der Waals surface area contributed by atoms with Crippen molar-refractivity contribution < 1.29 is 9.53 Å². The van der Waals surface area contributed by atoms with Crippen LogP contribution in [0.5, 0.6) is 0 Å². The molecule has 1 aromatic rings. The Bertz CT molecular complexity index is 425. The Labute approximate surface area is 129 Å². The van der Waals surface area contributed by atoms with E-state index in [0.29, 0.717) is 0 Å². The monoisotopic (exact) mass is 339 g/mol. The van der Waals surface area contributed by atoms with Crippen molar-refractivity contribution in [2.75, 3.05) is 26.7 Å². The van der Waals surface area contributed by atoms with E-state index in [4.69, 9.17) is 4.74 Å². The van der Waals surface area contributed by atoms with Crippen LogP contribution in [0.25, 0.3) is 0 Å². The van der Waals surface area contributed by atoms with Crippen LogP contribution in [0.3, 0.4) is 0 Å². The second-order valence-corrected chi connectivity index (χ2v) is 6.28. The second kappa shape index (κ2) is 7.79. The number of likely N-dealkylation sites (tertiary alicyclic amines) is 1. The average Bonchev–Trinajstić information content (AvgIpc) is 2.49. The fourth-order valence-corrected chi connectivity index (χ4v) is 2.98. The zero-order valence-corrected chi connectivity index (χ0v) is 13.6. The van der Waals surface area contributed by atoms with E-state index in [1.807, 2.05) is 0 Å². The van der Waals surface area contributed by atoms with Crippen molar-refractivity contribution in [2.45, 2.75) is 25.7 Å². The summed E-state index contributed by atoms with van der Waals surface area (Å²) >= 11 is 3.45. The SMILES string of the molecule is COC(=O)C1CCN(CCCc2ccc(Br)cc2)CC1. The van der Waals surface area contributed by atoms with Crippen LogP contribution in [0, 0.1) is 5.92 Å². The number of piperidine rings is 1. The molecule has 1 saturated heterocycles. The molecular formula is C16H22BrNO2. The summed E-state index contributed by atoms with van der Waals surface area (Å²) < 4.78 is 5.94. The quantitative estimate of drug-likeness (QED) is 0.771. The number of halogens is 1. The lowest BCUT2D eigenvalue weighted by Crippen LogP contribution is -2.37. The van der Waals surface area contributed by atoms with Gasteiger partial charge < -0.3 is 9.64 Å². The summed E-state index contributed by atoms with van der Waals surface area (Å²) in [4.78, 5) is 13.9. The summed E-state index contributed by atoms with van der Waals surface area (Å²) in [6.07, 6.45) is 4.16. The van der Waals surface area contributed by atoms with Gasteiger partial charge >= 0.3 is 5.97 Å². The number of carbonyl (C=O) groups excluding carboxylic acids is 1. The first-order chi connectivity index (χ1) is 9.69. The van der Waals surface area contributed by atoms with Crippen LogP contribution in [0.4, 0.5) is 0 Å². The maximum absolute atomic E-state index is 11.5. The lowest BCUT2D eigenvalue weighted by atomic mass is 9.97. The van der Waals surface area contributed by atoms with Gasteiger partial charge in [-0.15, -0.1) is 0 Å². The van der Waals surface area contributed by atoms with Gasteiger partial charge in [-0.1, -0.05) is 28.1 Å². The number of aryl methyl sites for hydroxylation is 1. The van der Waals surface area contributed by atoms with Gasteiger partial charge in [0.25, 0.3) is 0 Å². The average molecular weight is 340 g/mol. The summed E-state index contributed by atoms with van der Waals surface area (Å²) in [6.45, 7) is 3.14. The number of rotatable bonds is 5. The predicted molar refractivity (Wildman–Crippen MR) is 83.6 cm³/mol. The first-order valence-electron chi connectivity index (χ1n) is 7.23. The van der Waals surface area contributed by atoms with Crippen LogP contribution >= 0.6 is 15.9 Å². The minimum Gasteiger partial charge on any atom is -0.469 e. The molecule has 0 N–H and O–H groups in total. The minimum absolute atomic E-state index is 0.0421. The predicted octanol–water partition coefficient (Wildman–Crippen LogP) is 3.27. The second-order valence-electron chi connectivity index (χ2n) is 5.37. The molecule has 1 fully saturated rings. The molecule has 1 aliphatic heterocycles. The van der Waals surface area contributed by atoms with E-state index in [2.05, 4.69) is 45.1 Å². The fraction of sp³-hybridized carbons (Fsp3) is 0.562. The molecule has 1 aliphatic rings. The van der Waals surface area contributed by atoms with E-state index in [1.54, 1.807) is 0 Å². The summed E-state index contributed by atoms with van der Waals surface area (Å²) in [5.74, 6) is 0.0715. The van der Waals surface area contributed by atoms with E-state index in [0.717, 1.165) is 43.4 Å². The van der Waals surface area contributed by atoms with Crippen LogP contribution in [-0.2, 0) is 16.0 Å². The first-order valence-corrected chi connectivity index (χ1v) is 8.03. The van der Waals surface area contributed by atoms with Crippen molar-refractivity contribution in [3.05, 3.63) is 34.3 Å². The molecule has 0 aromatic heterocycles. The highest BCUT2D eigenvalue weighted by molar-refractivity contribution is 9.10. The maximum Gasteiger partial charge on any atom is 0.308 e. The normalized spacial score (nSPS) is 17.1. The van der Waals surface area contributed by atoms with E-state index in [1.165, 1.54) is 19.1 Å². The number of esters is 1. The van der Waals surface area contributed by atoms with Crippen molar-refractivity contribution in [1.82, 2.24) is 4.90 Å². The van der Waals surface area contributed by atoms with Gasteiger partial charge in [0.1, 0.15) is 0 Å². The van der Waals surface area contributed by atoms with Gasteiger partial charge in [-0.05, 0) is 63.0 Å². The number of nitrogens with zero attached hydrogens (tertiary/aromatic N) is 1. The Hall–Kier alpha value is -0.870. The van der Waals surface area contributed by atoms with Gasteiger partial charge in [0.15, 0.2) is 0 Å². The Morgan fingerprint density at radius 1 is 1.30 bits per heavy atom. The number of hydrogen-bond acceptors (Lipinski definition) is 3. The molecule has 0 unspecified atom stereocenters. The van der Waals surface area contributed by atoms with Gasteiger partial charge in [-0.3, -0.25) is 4.79 Å². The number of hydrogen-bond donors (Lipinski definition) is 0. The molecule has 110 valence electrons. The molecule has 0 bridgehead atoms. The summed E-state index contributed by atoms with van der Waals surface area (Å²) in [6, 6.07) is 8.54. The van der Waals surface area contributed by atoms with Crippen molar-refractivity contribution in [2.24, 2.45) is 5.92 Å². The molecule has 20 heavy (non-hydrogen) atoms. The Balaban J connectivity index is 1.66. The standard InChI is InChI=1S/C16H22BrNO2/c1-20-16(19)14-8-11-18(12-9-14)10-2-3-13-4-6-15(17)7-5-13/h4-7,14H,2-3,8-12H2,1H3. The molecule has 0 amide bonds. The first kappa shape index (κ1) is 15.5. The maximum atomic E-state index is 11.5. The molecule has 3 nitrogen and oxygen atoms in total. The lowest BCUT2D eigenvalue weighted by molar-refractivity contribution is -0.147. The Morgan fingerprint density at radius 3 is 2.55 bits per heavy atom. The van der Waals surface area contributed by atoms with E-state index in [-0.39, 0.29) is 11.9 Å². The molecular weight excluding hydrogens is 318 g/mol. The Morgan fingerprint density at radius 2 is 1.95 bits per heavy atom. The zero-order chi connectivity index (χ0) is 14.4. The smallest absolute Gasteiger partial charge is 0.308 e. The van der Waals surface area contributed by atoms with Gasteiger partial charge in [0.2, 0.25) is 0 Å². The summed E-state index contributed by atoms with van der Waals surface area (Å²) in [7, 11) is 1.48. The number of benzene rings is 1. The van der Waals surface area contributed by atoms with Crippen LogP contribution in [-0.4, -0.2) is 37.6 Å². The molecule has 0 atom stereocenters. The molecule has 2 rings (SSSR count). The number of carbonyl (C=O) groups is 1. The molecule has 0 radical (unpaired) electrons. The third kappa shape index (κ3) is 4.60. The highest BCUT2D eigenvalue weighted by Gasteiger charge is 2.24. The number of methoxy groups -OCH3 is 1. The van der Waals surface area contributed by atoms with Gasteiger partial charge in [-0.2, -0.15) is 0 Å². The van der Waals surface area contributed by atoms with Crippen LogP contribution in [0.1, 0.15) is 24.8 Å². The van der Waals surface area contributed by atoms with Crippen LogP contribution in [0.15, 0.2) is 28.7 Å². The summed E-state index contributed by atoms with van der Waals surface area (Å²) in [5.41, 5.74) is 1.39. The molecule has 1 heterocycles. The van der Waals surface area contributed by atoms with E-state index in [9.17, 15) is 4.79 Å². The van der Waals surface area contributed by atoms with Gasteiger partial charge in [0, 0.05) is 4.47 Å². The lowest BCUT2D eigenvalue weighted by Gasteiger charge is -2.30. The topological polar surface area (TPSA) is 29.5 Å². The van der Waals surface area contributed by atoms with Crippen molar-refractivity contribution in [3.63, 3.8) is 0 Å². The zero-order valence-electron chi connectivity index (χ0n) is 12.0. The Kier molecular flexibility index (Phi) is 6.05. The van der Waals surface area contributed by atoms with Crippen molar-refractivity contribution in [1.29, 1.82) is 0 Å². The van der Waals surface area contributed by atoms with E-state index < -0.39 is 0 Å². The van der Waals surface area contributed by atoms with Crippen LogP contribution in [0.2, 0.25) is 0 Å². The largest absolute Gasteiger partial charge is 0.469 e. The molecule has 4 heteroatoms. The molecule has 0 aliphatic carbocycles. The molecule has 0 spiro atoms. The van der Waals surface area contributed by atoms with Crippen molar-refractivity contribution in [3.8, 4) is 0 Å². The highest BCUT2D eigenvalue weighted by Crippen LogP contribution is 2.19. The third-order valence-corrected chi connectivity index (χ3v) is 4.50. The van der Waals surface area contributed by atoms with Crippen molar-refractivity contribution >= 4 is 21.9 Å². The highest BCUT2D eigenvalue weighted by atomic mass is 79.9. The van der Waals surface area contributed by atoms with Crippen LogP contribution < -0.4 is 0 Å². The third-order valence-electron chi connectivity index (χ3n) is 3.98. The molecule has 1 aromatic carbocycles.